The largest absolute Gasteiger partial charge is 0.455 e. The Kier molecular flexibility index (Phi) is 3.91. The molecule has 0 aliphatic carbocycles. The fourth-order valence-electron chi connectivity index (χ4n) is 1.11. The molecule has 0 saturated heterocycles. The lowest BCUT2D eigenvalue weighted by atomic mass is 10.1. The molecule has 0 aliphatic rings. The second-order valence-corrected chi connectivity index (χ2v) is 4.09. The third-order valence-corrected chi connectivity index (χ3v) is 2.40. The minimum atomic E-state index is -4.85. The summed E-state index contributed by atoms with van der Waals surface area (Å²) >= 11 is 2.63. The van der Waals surface area contributed by atoms with Gasteiger partial charge in [-0.1, -0.05) is 29.8 Å². The molecule has 86 valence electrons. The van der Waals surface area contributed by atoms with Crippen LogP contribution in [-0.4, -0.2) is 12.0 Å². The number of hydrogen-bond acceptors (Lipinski definition) is 1. The van der Waals surface area contributed by atoms with Gasteiger partial charge in [-0.25, -0.2) is 0 Å². The Labute approximate surface area is 99.1 Å². The van der Waals surface area contributed by atoms with E-state index in [1.165, 1.54) is 0 Å². The molecule has 0 saturated carbocycles. The van der Waals surface area contributed by atoms with E-state index in [1.807, 2.05) is 13.0 Å². The van der Waals surface area contributed by atoms with Crippen LogP contribution in [0.3, 0.4) is 0 Å². The van der Waals surface area contributed by atoms with Crippen molar-refractivity contribution in [1.29, 1.82) is 0 Å². The van der Waals surface area contributed by atoms with E-state index in [9.17, 15) is 18.0 Å². The van der Waals surface area contributed by atoms with Gasteiger partial charge in [-0.3, -0.25) is 4.79 Å². The molecule has 1 rings (SSSR count). The standard InChI is InChI=1S/C11H8BrF3O/c1-7-3-2-4-8(5-7)6-9(12)10(16)11(13,14)15/h2-6H,1H3/b9-6-. The van der Waals surface area contributed by atoms with Crippen molar-refractivity contribution in [3.63, 3.8) is 0 Å². The number of alkyl halides is 3. The molecule has 1 nitrogen and oxygen atoms in total. The molecule has 0 aliphatic heterocycles. The summed E-state index contributed by atoms with van der Waals surface area (Å²) in [5, 5.41) is 0. The number of carbonyl (C=O) groups is 1. The Hall–Kier alpha value is -1.10. The summed E-state index contributed by atoms with van der Waals surface area (Å²) in [5.41, 5.74) is 1.46. The van der Waals surface area contributed by atoms with Gasteiger partial charge in [-0.05, 0) is 34.5 Å². The minimum absolute atomic E-state index is 0.495. The monoisotopic (exact) mass is 292 g/mol. The number of carbonyl (C=O) groups excluding carboxylic acids is 1. The zero-order valence-electron chi connectivity index (χ0n) is 8.31. The summed E-state index contributed by atoms with van der Waals surface area (Å²) in [7, 11) is 0. The van der Waals surface area contributed by atoms with Gasteiger partial charge in [0.1, 0.15) is 0 Å². The van der Waals surface area contributed by atoms with Crippen molar-refractivity contribution >= 4 is 27.8 Å². The fraction of sp³-hybridized carbons (Fsp3) is 0.182. The lowest BCUT2D eigenvalue weighted by Crippen LogP contribution is -2.22. The summed E-state index contributed by atoms with van der Waals surface area (Å²) in [6.07, 6.45) is -3.69. The van der Waals surface area contributed by atoms with E-state index >= 15 is 0 Å². The van der Waals surface area contributed by atoms with E-state index in [0.717, 1.165) is 11.6 Å². The van der Waals surface area contributed by atoms with E-state index in [-0.39, 0.29) is 0 Å². The summed E-state index contributed by atoms with van der Waals surface area (Å²) < 4.78 is 35.7. The fourth-order valence-corrected chi connectivity index (χ4v) is 1.60. The number of benzene rings is 1. The van der Waals surface area contributed by atoms with Gasteiger partial charge in [0.2, 0.25) is 0 Å². The summed E-state index contributed by atoms with van der Waals surface area (Å²) in [5.74, 6) is -1.88. The highest BCUT2D eigenvalue weighted by atomic mass is 79.9. The lowest BCUT2D eigenvalue weighted by molar-refractivity contribution is -0.165. The summed E-state index contributed by atoms with van der Waals surface area (Å²) in [6.45, 7) is 1.82. The first kappa shape index (κ1) is 13.0. The van der Waals surface area contributed by atoms with Gasteiger partial charge in [-0.2, -0.15) is 13.2 Å². The molecule has 0 heterocycles. The van der Waals surface area contributed by atoms with Crippen LogP contribution < -0.4 is 0 Å². The molecule has 1 aromatic rings. The van der Waals surface area contributed by atoms with Crippen molar-refractivity contribution in [1.82, 2.24) is 0 Å². The van der Waals surface area contributed by atoms with Crippen molar-refractivity contribution in [2.75, 3.05) is 0 Å². The third kappa shape index (κ3) is 3.48. The van der Waals surface area contributed by atoms with Gasteiger partial charge < -0.3 is 0 Å². The second kappa shape index (κ2) is 4.82. The predicted octanol–water partition coefficient (Wildman–Crippen LogP) is 3.86. The Bertz CT molecular complexity index is 435. The Morgan fingerprint density at radius 2 is 2.00 bits per heavy atom. The van der Waals surface area contributed by atoms with Crippen LogP contribution in [0.4, 0.5) is 13.2 Å². The van der Waals surface area contributed by atoms with Crippen molar-refractivity contribution in [2.45, 2.75) is 13.1 Å². The average molecular weight is 293 g/mol. The van der Waals surface area contributed by atoms with E-state index in [1.54, 1.807) is 18.2 Å². The van der Waals surface area contributed by atoms with Gasteiger partial charge in [0, 0.05) is 0 Å². The summed E-state index contributed by atoms with van der Waals surface area (Å²) in [4.78, 5) is 10.8. The smallest absolute Gasteiger partial charge is 0.283 e. The maximum Gasteiger partial charge on any atom is 0.455 e. The maximum atomic E-state index is 12.1. The van der Waals surface area contributed by atoms with Gasteiger partial charge in [0.15, 0.2) is 0 Å². The van der Waals surface area contributed by atoms with Crippen LogP contribution in [0.2, 0.25) is 0 Å². The molecular weight excluding hydrogens is 285 g/mol. The molecule has 0 aromatic heterocycles. The molecule has 16 heavy (non-hydrogen) atoms. The molecular formula is C11H8BrF3O. The Balaban J connectivity index is 2.98. The molecule has 0 bridgehead atoms. The first-order valence-corrected chi connectivity index (χ1v) is 5.15. The number of Topliss-reactive ketones (excluding diaryl/α,β-unsaturated/α-hetero) is 1. The average Bonchev–Trinajstić information content (AvgIpc) is 2.15. The SMILES string of the molecule is Cc1cccc(/C=C(\Br)C(=O)C(F)(F)F)c1. The quantitative estimate of drug-likeness (QED) is 0.757. The van der Waals surface area contributed by atoms with Crippen LogP contribution in [0.15, 0.2) is 28.7 Å². The third-order valence-electron chi connectivity index (χ3n) is 1.81. The number of hydrogen-bond donors (Lipinski definition) is 0. The first-order chi connectivity index (χ1) is 7.30. The van der Waals surface area contributed by atoms with Crippen LogP contribution in [0.1, 0.15) is 11.1 Å². The molecule has 5 heteroatoms. The zero-order valence-corrected chi connectivity index (χ0v) is 9.89. The van der Waals surface area contributed by atoms with E-state index in [4.69, 9.17) is 0 Å². The van der Waals surface area contributed by atoms with E-state index in [0.29, 0.717) is 5.56 Å². The zero-order chi connectivity index (χ0) is 12.3. The normalized spacial score (nSPS) is 12.7. The van der Waals surface area contributed by atoms with Crippen molar-refractivity contribution in [2.24, 2.45) is 0 Å². The van der Waals surface area contributed by atoms with Crippen LogP contribution in [0.5, 0.6) is 0 Å². The van der Waals surface area contributed by atoms with Crippen LogP contribution in [0, 0.1) is 6.92 Å². The van der Waals surface area contributed by atoms with E-state index < -0.39 is 16.4 Å². The second-order valence-electron chi connectivity index (χ2n) is 3.23. The van der Waals surface area contributed by atoms with Gasteiger partial charge in [0.25, 0.3) is 5.78 Å². The number of aryl methyl sites for hydroxylation is 1. The molecule has 0 fully saturated rings. The highest BCUT2D eigenvalue weighted by Gasteiger charge is 2.39. The number of rotatable bonds is 2. The highest BCUT2D eigenvalue weighted by molar-refractivity contribution is 9.12. The summed E-state index contributed by atoms with van der Waals surface area (Å²) in [6, 6.07) is 6.83. The number of halogens is 4. The van der Waals surface area contributed by atoms with Crippen molar-refractivity contribution in [3.8, 4) is 0 Å². The van der Waals surface area contributed by atoms with Gasteiger partial charge in [0.05, 0.1) is 4.48 Å². The molecule has 0 radical (unpaired) electrons. The molecule has 0 unspecified atom stereocenters. The minimum Gasteiger partial charge on any atom is -0.283 e. The molecule has 0 spiro atoms. The van der Waals surface area contributed by atoms with Gasteiger partial charge in [-0.15, -0.1) is 0 Å². The van der Waals surface area contributed by atoms with Crippen LogP contribution in [0.25, 0.3) is 6.08 Å². The Morgan fingerprint density at radius 1 is 1.38 bits per heavy atom. The topological polar surface area (TPSA) is 17.1 Å². The molecule has 0 atom stereocenters. The van der Waals surface area contributed by atoms with Crippen molar-refractivity contribution in [3.05, 3.63) is 39.9 Å². The predicted molar refractivity (Wildman–Crippen MR) is 59.1 cm³/mol. The maximum absolute atomic E-state index is 12.1. The lowest BCUT2D eigenvalue weighted by Gasteiger charge is -2.04. The highest BCUT2D eigenvalue weighted by Crippen LogP contribution is 2.25. The van der Waals surface area contributed by atoms with Crippen molar-refractivity contribution < 1.29 is 18.0 Å². The Morgan fingerprint density at radius 3 is 2.50 bits per heavy atom. The molecule has 0 N–H and O–H groups in total. The molecule has 0 amide bonds. The molecule has 1 aromatic carbocycles. The van der Waals surface area contributed by atoms with Crippen LogP contribution >= 0.6 is 15.9 Å². The first-order valence-electron chi connectivity index (χ1n) is 4.36. The van der Waals surface area contributed by atoms with Crippen LogP contribution in [-0.2, 0) is 4.79 Å². The van der Waals surface area contributed by atoms with Gasteiger partial charge >= 0.3 is 6.18 Å². The number of allylic oxidation sites excluding steroid dienone is 1. The van der Waals surface area contributed by atoms with E-state index in [2.05, 4.69) is 15.9 Å². The number of ketones is 1.